The van der Waals surface area contributed by atoms with Crippen molar-refractivity contribution < 1.29 is 4.79 Å². The highest BCUT2D eigenvalue weighted by Gasteiger charge is 2.21. The van der Waals surface area contributed by atoms with Crippen LogP contribution in [0.3, 0.4) is 0 Å². The fourth-order valence-corrected chi connectivity index (χ4v) is 5.00. The molecule has 2 N–H and O–H groups in total. The Hall–Kier alpha value is -4.45. The van der Waals surface area contributed by atoms with Crippen molar-refractivity contribution in [1.82, 2.24) is 38.5 Å². The quantitative estimate of drug-likeness (QED) is 0.319. The second-order valence-corrected chi connectivity index (χ2v) is 10.0. The molecule has 4 aromatic heterocycles. The van der Waals surface area contributed by atoms with Gasteiger partial charge in [0.2, 0.25) is 11.9 Å². The zero-order valence-corrected chi connectivity index (χ0v) is 22.2. The zero-order chi connectivity index (χ0) is 27.3. The Labute approximate surface area is 226 Å². The van der Waals surface area contributed by atoms with Gasteiger partial charge in [-0.25, -0.2) is 14.8 Å². The Morgan fingerprint density at radius 3 is 2.69 bits per heavy atom. The van der Waals surface area contributed by atoms with Crippen molar-refractivity contribution in [3.63, 3.8) is 0 Å². The van der Waals surface area contributed by atoms with E-state index < -0.39 is 11.2 Å². The van der Waals surface area contributed by atoms with E-state index in [0.29, 0.717) is 41.1 Å². The first-order valence-electron chi connectivity index (χ1n) is 12.6. The molecule has 12 nitrogen and oxygen atoms in total. The number of carbonyl (C=O) groups is 1. The van der Waals surface area contributed by atoms with Crippen LogP contribution in [0, 0.1) is 0 Å². The first-order valence-corrected chi connectivity index (χ1v) is 13.0. The van der Waals surface area contributed by atoms with Gasteiger partial charge in [0.05, 0.1) is 6.54 Å². The number of aromatic amines is 1. The number of rotatable bonds is 7. The predicted octanol–water partition coefficient (Wildman–Crippen LogP) is 2.32. The van der Waals surface area contributed by atoms with Crippen LogP contribution in [-0.4, -0.2) is 57.5 Å². The minimum atomic E-state index is -0.488. The molecule has 0 unspecified atom stereocenters. The molecule has 0 saturated carbocycles. The number of anilines is 2. The highest BCUT2D eigenvalue weighted by molar-refractivity contribution is 6.35. The van der Waals surface area contributed by atoms with Gasteiger partial charge >= 0.3 is 5.69 Å². The third kappa shape index (κ3) is 4.46. The van der Waals surface area contributed by atoms with E-state index in [-0.39, 0.29) is 23.6 Å². The molecule has 0 aliphatic carbocycles. The topological polar surface area (TPSA) is 136 Å². The number of halogens is 1. The van der Waals surface area contributed by atoms with E-state index >= 15 is 0 Å². The maximum absolute atomic E-state index is 13.5. The summed E-state index contributed by atoms with van der Waals surface area (Å²) in [7, 11) is 3.28. The van der Waals surface area contributed by atoms with Crippen LogP contribution >= 0.6 is 11.6 Å². The maximum Gasteiger partial charge on any atom is 0.332 e. The van der Waals surface area contributed by atoms with Gasteiger partial charge in [-0.2, -0.15) is 4.98 Å². The van der Waals surface area contributed by atoms with Crippen LogP contribution in [0.4, 0.5) is 11.8 Å². The summed E-state index contributed by atoms with van der Waals surface area (Å²) >= 11 is 6.29. The molecule has 200 valence electrons. The molecule has 0 bridgehead atoms. The number of benzene rings is 1. The number of H-pyrrole nitrogens is 1. The largest absolute Gasteiger partial charge is 0.357 e. The monoisotopic (exact) mass is 547 g/mol. The van der Waals surface area contributed by atoms with Gasteiger partial charge in [-0.1, -0.05) is 17.7 Å². The van der Waals surface area contributed by atoms with E-state index in [1.165, 1.54) is 9.13 Å². The molecule has 13 heteroatoms. The smallest absolute Gasteiger partial charge is 0.332 e. The molecule has 6 rings (SSSR count). The number of aryl methyl sites for hydroxylation is 3. The fourth-order valence-electron chi connectivity index (χ4n) is 4.77. The zero-order valence-electron chi connectivity index (χ0n) is 21.4. The number of nitrogens with one attached hydrogen (secondary N) is 2. The van der Waals surface area contributed by atoms with Gasteiger partial charge in [0.1, 0.15) is 11.6 Å². The van der Waals surface area contributed by atoms with Crippen molar-refractivity contribution in [2.45, 2.75) is 25.8 Å². The van der Waals surface area contributed by atoms with Crippen LogP contribution in [0.25, 0.3) is 22.1 Å². The van der Waals surface area contributed by atoms with Crippen molar-refractivity contribution in [2.75, 3.05) is 18.4 Å². The number of nitrogens with zero attached hydrogens (tertiary/aromatic N) is 7. The Balaban J connectivity index is 1.29. The third-order valence-corrected chi connectivity index (χ3v) is 7.40. The fraction of sp³-hybridized carbons (Fsp3) is 0.308. The van der Waals surface area contributed by atoms with Gasteiger partial charge in [-0.15, -0.1) is 0 Å². The standard InChI is InChI=1S/C26H26ClN9O3/c1-33-22-23(32-25(33)31-20-9-10-28-19(30-20)7-8-21(37)35-11-4-12-35)34(2)26(39)36(24(22)38)14-15-13-16-17(27)5-3-6-18(16)29-15/h3,5-6,9-10,13,29H,4,7-8,11-12,14H2,1-2H3,(H,28,30,31,32). The number of aromatic nitrogens is 7. The molecule has 1 amide bonds. The molecule has 1 saturated heterocycles. The molecule has 5 heterocycles. The number of likely N-dealkylation sites (tertiary alicyclic amines) is 1. The van der Waals surface area contributed by atoms with E-state index in [2.05, 4.69) is 25.3 Å². The molecule has 5 aromatic rings. The molecule has 0 spiro atoms. The molecule has 0 radical (unpaired) electrons. The summed E-state index contributed by atoms with van der Waals surface area (Å²) in [5.41, 5.74) is 1.07. The summed E-state index contributed by atoms with van der Waals surface area (Å²) in [5.74, 6) is 1.44. The van der Waals surface area contributed by atoms with E-state index in [4.69, 9.17) is 11.6 Å². The second kappa shape index (κ2) is 9.70. The first-order chi connectivity index (χ1) is 18.8. The van der Waals surface area contributed by atoms with Crippen molar-refractivity contribution in [1.29, 1.82) is 0 Å². The lowest BCUT2D eigenvalue weighted by Crippen LogP contribution is -2.42. The summed E-state index contributed by atoms with van der Waals surface area (Å²) in [4.78, 5) is 57.2. The summed E-state index contributed by atoms with van der Waals surface area (Å²) < 4.78 is 4.12. The van der Waals surface area contributed by atoms with Gasteiger partial charge in [-0.05, 0) is 30.7 Å². The van der Waals surface area contributed by atoms with Crippen LogP contribution in [0.1, 0.15) is 24.4 Å². The Morgan fingerprint density at radius 2 is 1.95 bits per heavy atom. The molecule has 1 aromatic carbocycles. The predicted molar refractivity (Wildman–Crippen MR) is 147 cm³/mol. The van der Waals surface area contributed by atoms with Crippen LogP contribution in [-0.2, 0) is 31.9 Å². The average Bonchev–Trinajstić information content (AvgIpc) is 3.45. The van der Waals surface area contributed by atoms with Gasteiger partial charge in [0.15, 0.2) is 11.2 Å². The number of imidazole rings is 1. The lowest BCUT2D eigenvalue weighted by atomic mass is 10.2. The van der Waals surface area contributed by atoms with Gasteiger partial charge in [0, 0.05) is 67.8 Å². The van der Waals surface area contributed by atoms with E-state index in [9.17, 15) is 14.4 Å². The average molecular weight is 548 g/mol. The lowest BCUT2D eigenvalue weighted by molar-refractivity contribution is -0.134. The third-order valence-electron chi connectivity index (χ3n) is 7.07. The van der Waals surface area contributed by atoms with E-state index in [1.807, 2.05) is 23.1 Å². The Morgan fingerprint density at radius 1 is 1.13 bits per heavy atom. The van der Waals surface area contributed by atoms with Crippen molar-refractivity contribution in [3.8, 4) is 0 Å². The first kappa shape index (κ1) is 24.9. The number of hydrogen-bond donors (Lipinski definition) is 2. The second-order valence-electron chi connectivity index (χ2n) is 9.61. The minimum Gasteiger partial charge on any atom is -0.357 e. The molecule has 1 fully saturated rings. The van der Waals surface area contributed by atoms with Gasteiger partial charge in [0.25, 0.3) is 5.56 Å². The SMILES string of the molecule is Cn1c(Nc2ccnc(CCC(=O)N3CCC3)n2)nc2c1c(=O)n(Cc1cc3c(Cl)cccc3[nH]1)c(=O)n2C. The molecular weight excluding hydrogens is 522 g/mol. The number of hydrogen-bond acceptors (Lipinski definition) is 7. The van der Waals surface area contributed by atoms with Crippen LogP contribution in [0.15, 0.2) is 46.1 Å². The summed E-state index contributed by atoms with van der Waals surface area (Å²) in [6.45, 7) is 1.68. The molecular formula is C26H26ClN9O3. The number of fused-ring (bicyclic) bond motifs is 2. The minimum absolute atomic E-state index is 0.0474. The van der Waals surface area contributed by atoms with E-state index in [1.54, 1.807) is 37.0 Å². The molecule has 39 heavy (non-hydrogen) atoms. The van der Waals surface area contributed by atoms with Gasteiger partial charge < -0.3 is 19.8 Å². The number of carbonyl (C=O) groups excluding carboxylic acids is 1. The molecule has 0 atom stereocenters. The van der Waals surface area contributed by atoms with Crippen molar-refractivity contribution in [3.05, 3.63) is 73.9 Å². The Bertz CT molecular complexity index is 1860. The summed E-state index contributed by atoms with van der Waals surface area (Å²) in [6.07, 6.45) is 3.43. The maximum atomic E-state index is 13.5. The van der Waals surface area contributed by atoms with Gasteiger partial charge in [-0.3, -0.25) is 18.7 Å². The molecule has 1 aliphatic rings. The van der Waals surface area contributed by atoms with Crippen LogP contribution in [0.2, 0.25) is 5.02 Å². The van der Waals surface area contributed by atoms with E-state index in [0.717, 1.165) is 30.4 Å². The van der Waals surface area contributed by atoms with Crippen LogP contribution < -0.4 is 16.6 Å². The highest BCUT2D eigenvalue weighted by atomic mass is 35.5. The Kier molecular flexibility index (Phi) is 6.18. The summed E-state index contributed by atoms with van der Waals surface area (Å²) in [6, 6.07) is 9.03. The summed E-state index contributed by atoms with van der Waals surface area (Å²) in [5, 5.41) is 4.53. The number of amides is 1. The normalized spacial score (nSPS) is 13.3. The molecule has 1 aliphatic heterocycles. The van der Waals surface area contributed by atoms with Crippen LogP contribution in [0.5, 0.6) is 0 Å². The van der Waals surface area contributed by atoms with Crippen molar-refractivity contribution in [2.24, 2.45) is 14.1 Å². The van der Waals surface area contributed by atoms with Crippen molar-refractivity contribution >= 4 is 51.3 Å². The highest BCUT2D eigenvalue weighted by Crippen LogP contribution is 2.24. The lowest BCUT2D eigenvalue weighted by Gasteiger charge is -2.30.